The second-order valence-electron chi connectivity index (χ2n) is 10.4. The summed E-state index contributed by atoms with van der Waals surface area (Å²) in [6.45, 7) is 5.16. The molecule has 0 radical (unpaired) electrons. The minimum absolute atomic E-state index is 0. The van der Waals surface area contributed by atoms with E-state index in [-0.39, 0.29) is 52.9 Å². The number of piperidine rings is 1. The number of halogens is 1. The molecule has 5 N–H and O–H groups in total. The third-order valence-corrected chi connectivity index (χ3v) is 10.1. The standard InChI is InChI=1S/C30H39N5O4S2.ClH/c1-3-21-15-16-32-19-23(21)30(37)24(10-5-8-20-13-14-27(31)33-18-20)35-41(38,39)26-12-6-9-22(25-11-7-17-40-25)29(26)34-28(36)4-2;/h6-7,9,11-14,17-18,21,23-24,32,35H,3-5,8,10,15-16,19H2,1-2H3,(H2,31,33)(H,34,36);1H. The van der Waals surface area contributed by atoms with E-state index in [1.54, 1.807) is 31.3 Å². The van der Waals surface area contributed by atoms with Gasteiger partial charge in [0.05, 0.1) is 11.7 Å². The number of amides is 1. The van der Waals surface area contributed by atoms with E-state index in [0.29, 0.717) is 37.2 Å². The van der Waals surface area contributed by atoms with Gasteiger partial charge in [-0.15, -0.1) is 23.7 Å². The molecule has 1 aromatic carbocycles. The van der Waals surface area contributed by atoms with Crippen molar-refractivity contribution in [1.29, 1.82) is 0 Å². The number of nitrogens with two attached hydrogens (primary N) is 1. The van der Waals surface area contributed by atoms with Crippen LogP contribution in [0.3, 0.4) is 0 Å². The van der Waals surface area contributed by atoms with Gasteiger partial charge < -0.3 is 16.4 Å². The Balaban J connectivity index is 0.00000484. The first kappa shape index (κ1) is 33.7. The number of aromatic nitrogens is 1. The summed E-state index contributed by atoms with van der Waals surface area (Å²) in [7, 11) is -4.20. The third-order valence-electron chi connectivity index (χ3n) is 7.65. The van der Waals surface area contributed by atoms with Crippen LogP contribution in [0.15, 0.2) is 58.9 Å². The number of carbonyl (C=O) groups is 2. The van der Waals surface area contributed by atoms with Gasteiger partial charge in [-0.2, -0.15) is 0 Å². The molecule has 1 fully saturated rings. The maximum Gasteiger partial charge on any atom is 0.243 e. The van der Waals surface area contributed by atoms with Gasteiger partial charge in [-0.1, -0.05) is 44.5 Å². The molecule has 2 aromatic heterocycles. The highest BCUT2D eigenvalue weighted by atomic mass is 35.5. The van der Waals surface area contributed by atoms with Gasteiger partial charge in [0.2, 0.25) is 15.9 Å². The summed E-state index contributed by atoms with van der Waals surface area (Å²) < 4.78 is 30.8. The monoisotopic (exact) mass is 633 g/mol. The normalized spacial score (nSPS) is 17.7. The van der Waals surface area contributed by atoms with Crippen molar-refractivity contribution in [1.82, 2.24) is 15.0 Å². The molecule has 1 amide bonds. The Hall–Kier alpha value is -2.83. The van der Waals surface area contributed by atoms with E-state index in [4.69, 9.17) is 5.73 Å². The van der Waals surface area contributed by atoms with Crippen molar-refractivity contribution in [3.63, 3.8) is 0 Å². The van der Waals surface area contributed by atoms with E-state index < -0.39 is 16.1 Å². The Morgan fingerprint density at radius 1 is 1.17 bits per heavy atom. The van der Waals surface area contributed by atoms with Crippen LogP contribution >= 0.6 is 23.7 Å². The molecular weight excluding hydrogens is 594 g/mol. The predicted molar refractivity (Wildman–Crippen MR) is 171 cm³/mol. The number of benzene rings is 1. The molecule has 0 saturated carbocycles. The second-order valence-corrected chi connectivity index (χ2v) is 13.0. The van der Waals surface area contributed by atoms with Gasteiger partial charge in [-0.25, -0.2) is 18.1 Å². The highest BCUT2D eigenvalue weighted by Crippen LogP contribution is 2.36. The molecule has 42 heavy (non-hydrogen) atoms. The van der Waals surface area contributed by atoms with Crippen molar-refractivity contribution < 1.29 is 18.0 Å². The van der Waals surface area contributed by atoms with Crippen molar-refractivity contribution in [2.24, 2.45) is 11.8 Å². The van der Waals surface area contributed by atoms with E-state index in [1.165, 1.54) is 17.4 Å². The van der Waals surface area contributed by atoms with E-state index in [9.17, 15) is 18.0 Å². The minimum Gasteiger partial charge on any atom is -0.384 e. The fraction of sp³-hybridized carbons (Fsp3) is 0.433. The van der Waals surface area contributed by atoms with Gasteiger partial charge in [0.25, 0.3) is 0 Å². The maximum atomic E-state index is 14.0. The largest absolute Gasteiger partial charge is 0.384 e. The number of pyridine rings is 1. The minimum atomic E-state index is -4.20. The lowest BCUT2D eigenvalue weighted by Gasteiger charge is -2.33. The van der Waals surface area contributed by atoms with Crippen molar-refractivity contribution in [3.05, 3.63) is 59.6 Å². The lowest BCUT2D eigenvalue weighted by atomic mass is 9.79. The molecule has 0 bridgehead atoms. The van der Waals surface area contributed by atoms with Crippen molar-refractivity contribution in [2.45, 2.75) is 63.3 Å². The van der Waals surface area contributed by atoms with Crippen LogP contribution in [0.25, 0.3) is 10.4 Å². The second kappa shape index (κ2) is 15.6. The number of anilines is 2. The number of nitrogen functional groups attached to an aromatic ring is 1. The first-order chi connectivity index (χ1) is 19.7. The predicted octanol–water partition coefficient (Wildman–Crippen LogP) is 5.04. The molecule has 1 aliphatic rings. The molecule has 1 saturated heterocycles. The van der Waals surface area contributed by atoms with Crippen molar-refractivity contribution >= 4 is 57.0 Å². The number of hydrogen-bond donors (Lipinski definition) is 4. The van der Waals surface area contributed by atoms with Crippen LogP contribution in [0.2, 0.25) is 0 Å². The number of hydrogen-bond acceptors (Lipinski definition) is 8. The van der Waals surface area contributed by atoms with E-state index in [2.05, 4.69) is 27.3 Å². The number of para-hydroxylation sites is 1. The highest BCUT2D eigenvalue weighted by molar-refractivity contribution is 7.89. The number of carbonyl (C=O) groups excluding carboxylic acids is 2. The number of thiophene rings is 1. The molecule has 0 aliphatic carbocycles. The van der Waals surface area contributed by atoms with Crippen LogP contribution < -0.4 is 21.1 Å². The SMILES string of the molecule is CCC(=O)Nc1c(-c2cccs2)cccc1S(=O)(=O)NC(CCCc1ccc(N)nc1)C(=O)C1CNCCC1CC.Cl. The van der Waals surface area contributed by atoms with Crippen LogP contribution in [-0.4, -0.2) is 44.2 Å². The van der Waals surface area contributed by atoms with Crippen molar-refractivity contribution in [2.75, 3.05) is 24.1 Å². The maximum absolute atomic E-state index is 14.0. The lowest BCUT2D eigenvalue weighted by molar-refractivity contribution is -0.127. The van der Waals surface area contributed by atoms with Crippen LogP contribution in [-0.2, 0) is 26.0 Å². The van der Waals surface area contributed by atoms with E-state index in [1.807, 2.05) is 23.6 Å². The van der Waals surface area contributed by atoms with Gasteiger partial charge in [-0.05, 0) is 67.3 Å². The molecule has 3 heterocycles. The molecule has 12 heteroatoms. The lowest BCUT2D eigenvalue weighted by Crippen LogP contribution is -2.50. The Morgan fingerprint density at radius 2 is 1.98 bits per heavy atom. The average Bonchev–Trinajstić information content (AvgIpc) is 3.52. The first-order valence-electron chi connectivity index (χ1n) is 14.2. The zero-order chi connectivity index (χ0) is 29.4. The number of aryl methyl sites for hydroxylation is 1. The van der Waals surface area contributed by atoms with Gasteiger partial charge in [0, 0.05) is 35.5 Å². The summed E-state index contributed by atoms with van der Waals surface area (Å²) in [4.78, 5) is 31.4. The van der Waals surface area contributed by atoms with E-state index >= 15 is 0 Å². The Labute approximate surface area is 258 Å². The summed E-state index contributed by atoms with van der Waals surface area (Å²) in [5.74, 6) is -0.0541. The average molecular weight is 634 g/mol. The molecule has 3 atom stereocenters. The van der Waals surface area contributed by atoms with Gasteiger partial charge >= 0.3 is 0 Å². The quantitative estimate of drug-likeness (QED) is 0.207. The number of nitrogens with one attached hydrogen (secondary N) is 3. The number of ketones is 1. The summed E-state index contributed by atoms with van der Waals surface area (Å²) in [6, 6.07) is 11.4. The fourth-order valence-electron chi connectivity index (χ4n) is 5.35. The molecule has 0 spiro atoms. The molecule has 3 aromatic rings. The summed E-state index contributed by atoms with van der Waals surface area (Å²) in [5, 5.41) is 8.02. The molecule has 4 rings (SSSR count). The topological polar surface area (TPSA) is 143 Å². The molecule has 1 aliphatic heterocycles. The van der Waals surface area contributed by atoms with Gasteiger partial charge in [-0.3, -0.25) is 9.59 Å². The zero-order valence-corrected chi connectivity index (χ0v) is 26.4. The van der Waals surface area contributed by atoms with Crippen LogP contribution in [0, 0.1) is 11.8 Å². The van der Waals surface area contributed by atoms with Crippen LogP contribution in [0.1, 0.15) is 51.5 Å². The summed E-state index contributed by atoms with van der Waals surface area (Å²) >= 11 is 1.45. The molecule has 228 valence electrons. The number of Topliss-reactive ketones (excluding diaryl/α,β-unsaturated/α-hetero) is 1. The molecule has 3 unspecified atom stereocenters. The number of sulfonamides is 1. The highest BCUT2D eigenvalue weighted by Gasteiger charge is 2.36. The van der Waals surface area contributed by atoms with Crippen molar-refractivity contribution in [3.8, 4) is 10.4 Å². The number of nitrogens with zero attached hydrogens (tertiary/aromatic N) is 1. The van der Waals surface area contributed by atoms with Crippen LogP contribution in [0.4, 0.5) is 11.5 Å². The summed E-state index contributed by atoms with van der Waals surface area (Å²) in [6.07, 6.45) is 5.16. The van der Waals surface area contributed by atoms with Gasteiger partial charge in [0.15, 0.2) is 5.78 Å². The molecule has 9 nitrogen and oxygen atoms in total. The zero-order valence-electron chi connectivity index (χ0n) is 24.0. The third kappa shape index (κ3) is 8.38. The Kier molecular flexibility index (Phi) is 12.5. The Morgan fingerprint density at radius 3 is 2.64 bits per heavy atom. The first-order valence-corrected chi connectivity index (χ1v) is 16.5. The van der Waals surface area contributed by atoms with E-state index in [0.717, 1.165) is 29.8 Å². The van der Waals surface area contributed by atoms with Gasteiger partial charge in [0.1, 0.15) is 10.7 Å². The summed E-state index contributed by atoms with van der Waals surface area (Å²) in [5.41, 5.74) is 7.51. The number of rotatable bonds is 13. The molecular formula is C30H40ClN5O4S2. The fourth-order valence-corrected chi connectivity index (χ4v) is 7.53. The van der Waals surface area contributed by atoms with Crippen LogP contribution in [0.5, 0.6) is 0 Å². The Bertz CT molecular complexity index is 1430. The smallest absolute Gasteiger partial charge is 0.243 e.